The molecule has 5 nitrogen and oxygen atoms in total. The number of rotatable bonds is 5. The molecule has 1 aromatic heterocycles. The molecule has 0 aliphatic carbocycles. The second-order valence-corrected chi connectivity index (χ2v) is 6.16. The topological polar surface area (TPSA) is 59.3 Å². The molecule has 0 bridgehead atoms. The van der Waals surface area contributed by atoms with Crippen LogP contribution in [0.3, 0.4) is 0 Å². The van der Waals surface area contributed by atoms with Crippen molar-refractivity contribution in [3.05, 3.63) is 87.9 Å². The van der Waals surface area contributed by atoms with Gasteiger partial charge in [0.2, 0.25) is 0 Å². The molecule has 25 heavy (non-hydrogen) atoms. The van der Waals surface area contributed by atoms with E-state index in [4.69, 9.17) is 0 Å². The van der Waals surface area contributed by atoms with Crippen molar-refractivity contribution >= 4 is 28.1 Å². The maximum Gasteiger partial charge on any atom is 0.291 e. The van der Waals surface area contributed by atoms with Gasteiger partial charge in [-0.3, -0.25) is 9.48 Å². The van der Waals surface area contributed by atoms with Crippen molar-refractivity contribution in [1.29, 1.82) is 0 Å². The van der Waals surface area contributed by atoms with Gasteiger partial charge < -0.3 is 0 Å². The van der Waals surface area contributed by atoms with E-state index in [1.54, 1.807) is 35.1 Å². The first-order chi connectivity index (χ1) is 12.1. The second-order valence-electron chi connectivity index (χ2n) is 5.25. The Bertz CT molecular complexity index is 905. The maximum atomic E-state index is 13.4. The number of halogens is 2. The highest BCUT2D eigenvalue weighted by Gasteiger charge is 2.08. The quantitative estimate of drug-likeness (QED) is 0.525. The van der Waals surface area contributed by atoms with Gasteiger partial charge in [-0.15, -0.1) is 0 Å². The molecule has 126 valence electrons. The van der Waals surface area contributed by atoms with E-state index in [1.165, 1.54) is 12.3 Å². The molecular formula is C18H14BrFN4O. The first-order valence-electron chi connectivity index (χ1n) is 7.47. The number of hydrazone groups is 1. The minimum Gasteiger partial charge on any atom is -0.268 e. The highest BCUT2D eigenvalue weighted by molar-refractivity contribution is 9.10. The van der Waals surface area contributed by atoms with Gasteiger partial charge in [-0.25, -0.2) is 9.82 Å². The lowest BCUT2D eigenvalue weighted by Crippen LogP contribution is -2.18. The predicted octanol–water partition coefficient (Wildman–Crippen LogP) is 3.60. The monoisotopic (exact) mass is 400 g/mol. The van der Waals surface area contributed by atoms with Crippen molar-refractivity contribution in [1.82, 2.24) is 15.2 Å². The SMILES string of the molecule is O=C(N/N=C/c1ccccc1F)c1ccn(Cc2ccc(Br)cc2)n1. The molecule has 2 aromatic carbocycles. The number of aromatic nitrogens is 2. The summed E-state index contributed by atoms with van der Waals surface area (Å²) >= 11 is 3.39. The van der Waals surface area contributed by atoms with Crippen LogP contribution >= 0.6 is 15.9 Å². The molecule has 0 fully saturated rings. The molecule has 0 saturated heterocycles. The molecule has 3 rings (SSSR count). The van der Waals surface area contributed by atoms with Gasteiger partial charge in [0.25, 0.3) is 5.91 Å². The molecule has 0 atom stereocenters. The van der Waals surface area contributed by atoms with Gasteiger partial charge >= 0.3 is 0 Å². The molecule has 1 amide bonds. The number of nitrogens with zero attached hydrogens (tertiary/aromatic N) is 3. The van der Waals surface area contributed by atoms with Crippen LogP contribution in [0, 0.1) is 5.82 Å². The molecule has 0 unspecified atom stereocenters. The van der Waals surface area contributed by atoms with Gasteiger partial charge in [0.05, 0.1) is 12.8 Å². The fraction of sp³-hybridized carbons (Fsp3) is 0.0556. The van der Waals surface area contributed by atoms with Crippen molar-refractivity contribution in [2.24, 2.45) is 5.10 Å². The molecular weight excluding hydrogens is 387 g/mol. The molecule has 0 saturated carbocycles. The van der Waals surface area contributed by atoms with Crippen molar-refractivity contribution < 1.29 is 9.18 Å². The third kappa shape index (κ3) is 4.60. The van der Waals surface area contributed by atoms with Gasteiger partial charge in [0.1, 0.15) is 5.82 Å². The van der Waals surface area contributed by atoms with E-state index in [-0.39, 0.29) is 5.69 Å². The molecule has 0 aliphatic heterocycles. The van der Waals surface area contributed by atoms with E-state index in [1.807, 2.05) is 24.3 Å². The lowest BCUT2D eigenvalue weighted by molar-refractivity contribution is 0.0949. The third-order valence-corrected chi connectivity index (χ3v) is 3.93. The highest BCUT2D eigenvalue weighted by atomic mass is 79.9. The lowest BCUT2D eigenvalue weighted by atomic mass is 10.2. The van der Waals surface area contributed by atoms with Gasteiger partial charge in [0.15, 0.2) is 5.69 Å². The van der Waals surface area contributed by atoms with Gasteiger partial charge in [-0.1, -0.05) is 46.3 Å². The van der Waals surface area contributed by atoms with E-state index in [0.717, 1.165) is 10.0 Å². The normalized spacial score (nSPS) is 11.0. The van der Waals surface area contributed by atoms with Gasteiger partial charge in [0, 0.05) is 16.2 Å². The van der Waals surface area contributed by atoms with Crippen LogP contribution in [0.1, 0.15) is 21.6 Å². The fourth-order valence-corrected chi connectivity index (χ4v) is 2.41. The van der Waals surface area contributed by atoms with Crippen LogP contribution in [0.25, 0.3) is 0 Å². The molecule has 0 spiro atoms. The minimum atomic E-state index is -0.456. The second kappa shape index (κ2) is 7.85. The Hall–Kier alpha value is -2.80. The molecule has 7 heteroatoms. The van der Waals surface area contributed by atoms with E-state index in [2.05, 4.69) is 31.6 Å². The summed E-state index contributed by atoms with van der Waals surface area (Å²) in [7, 11) is 0. The maximum absolute atomic E-state index is 13.4. The summed E-state index contributed by atoms with van der Waals surface area (Å²) < 4.78 is 16.1. The zero-order chi connectivity index (χ0) is 17.6. The summed E-state index contributed by atoms with van der Waals surface area (Å²) in [6.07, 6.45) is 2.98. The van der Waals surface area contributed by atoms with E-state index in [0.29, 0.717) is 12.1 Å². The third-order valence-electron chi connectivity index (χ3n) is 3.41. The number of nitrogens with one attached hydrogen (secondary N) is 1. The number of carbonyl (C=O) groups excluding carboxylic acids is 1. The first kappa shape index (κ1) is 17.0. The Morgan fingerprint density at radius 3 is 2.72 bits per heavy atom. The standard InChI is InChI=1S/C18H14BrFN4O/c19-15-7-5-13(6-8-15)12-24-10-9-17(23-24)18(25)22-21-11-14-3-1-2-4-16(14)20/h1-11H,12H2,(H,22,25)/b21-11+. The summed E-state index contributed by atoms with van der Waals surface area (Å²) in [4.78, 5) is 12.0. The molecule has 0 aliphatic rings. The average Bonchev–Trinajstić information content (AvgIpc) is 3.07. The summed E-state index contributed by atoms with van der Waals surface area (Å²) in [5, 5.41) is 7.98. The summed E-state index contributed by atoms with van der Waals surface area (Å²) in [5.74, 6) is -0.860. The van der Waals surface area contributed by atoms with E-state index < -0.39 is 11.7 Å². The van der Waals surface area contributed by atoms with Crippen molar-refractivity contribution in [3.63, 3.8) is 0 Å². The van der Waals surface area contributed by atoms with Crippen LogP contribution in [0.4, 0.5) is 4.39 Å². The minimum absolute atomic E-state index is 0.239. The number of hydrogen-bond donors (Lipinski definition) is 1. The van der Waals surface area contributed by atoms with Crippen LogP contribution in [-0.4, -0.2) is 21.9 Å². The zero-order valence-electron chi connectivity index (χ0n) is 13.1. The molecule has 0 radical (unpaired) electrons. The Morgan fingerprint density at radius 1 is 1.20 bits per heavy atom. The Balaban J connectivity index is 1.60. The summed E-state index contributed by atoms with van der Waals surface area (Å²) in [6.45, 7) is 0.555. The van der Waals surface area contributed by atoms with Crippen LogP contribution < -0.4 is 5.43 Å². The molecule has 1 heterocycles. The number of benzene rings is 2. The number of amides is 1. The fourth-order valence-electron chi connectivity index (χ4n) is 2.15. The highest BCUT2D eigenvalue weighted by Crippen LogP contribution is 2.11. The first-order valence-corrected chi connectivity index (χ1v) is 8.27. The smallest absolute Gasteiger partial charge is 0.268 e. The van der Waals surface area contributed by atoms with Gasteiger partial charge in [-0.2, -0.15) is 10.2 Å². The predicted molar refractivity (Wildman–Crippen MR) is 96.9 cm³/mol. The Labute approximate surface area is 152 Å². The summed E-state index contributed by atoms with van der Waals surface area (Å²) in [5.41, 5.74) is 3.94. The van der Waals surface area contributed by atoms with E-state index >= 15 is 0 Å². The number of carbonyl (C=O) groups is 1. The molecule has 3 aromatic rings. The van der Waals surface area contributed by atoms with Crippen LogP contribution in [0.5, 0.6) is 0 Å². The lowest BCUT2D eigenvalue weighted by Gasteiger charge is -2.02. The van der Waals surface area contributed by atoms with Crippen molar-refractivity contribution in [2.75, 3.05) is 0 Å². The van der Waals surface area contributed by atoms with Crippen LogP contribution in [-0.2, 0) is 6.54 Å². The van der Waals surface area contributed by atoms with Gasteiger partial charge in [-0.05, 0) is 29.8 Å². The average molecular weight is 401 g/mol. The van der Waals surface area contributed by atoms with E-state index in [9.17, 15) is 9.18 Å². The van der Waals surface area contributed by atoms with Crippen LogP contribution in [0.15, 0.2) is 70.4 Å². The Morgan fingerprint density at radius 2 is 1.96 bits per heavy atom. The van der Waals surface area contributed by atoms with Crippen molar-refractivity contribution in [2.45, 2.75) is 6.54 Å². The molecule has 1 N–H and O–H groups in total. The Kier molecular flexibility index (Phi) is 5.35. The number of hydrogen-bond acceptors (Lipinski definition) is 3. The van der Waals surface area contributed by atoms with Crippen molar-refractivity contribution in [3.8, 4) is 0 Å². The largest absolute Gasteiger partial charge is 0.291 e. The summed E-state index contributed by atoms with van der Waals surface area (Å²) in [6, 6.07) is 15.6. The zero-order valence-corrected chi connectivity index (χ0v) is 14.6. The van der Waals surface area contributed by atoms with Crippen LogP contribution in [0.2, 0.25) is 0 Å².